The van der Waals surface area contributed by atoms with E-state index in [2.05, 4.69) is 31.9 Å². The number of hydrogen-bond donors (Lipinski definition) is 0. The van der Waals surface area contributed by atoms with Crippen LogP contribution in [-0.2, 0) is 4.79 Å². The van der Waals surface area contributed by atoms with Gasteiger partial charge in [0.2, 0.25) is 0 Å². The van der Waals surface area contributed by atoms with E-state index in [4.69, 9.17) is 0 Å². The molecule has 0 spiro atoms. The average molecular weight is 284 g/mol. The van der Waals surface area contributed by atoms with Crippen molar-refractivity contribution in [3.05, 3.63) is 0 Å². The molecule has 1 saturated carbocycles. The van der Waals surface area contributed by atoms with Gasteiger partial charge in [0.1, 0.15) is 0 Å². The second kappa shape index (κ2) is 3.56. The number of halogens is 2. The summed E-state index contributed by atoms with van der Waals surface area (Å²) in [4.78, 5) is 11.6. The summed E-state index contributed by atoms with van der Waals surface area (Å²) in [5, 5.41) is 0. The molecule has 0 aromatic rings. The highest BCUT2D eigenvalue weighted by molar-refractivity contribution is 9.11. The first-order valence-electron chi connectivity index (χ1n) is 3.93. The predicted molar refractivity (Wildman–Crippen MR) is 53.5 cm³/mol. The molecule has 1 aliphatic rings. The van der Waals surface area contributed by atoms with Gasteiger partial charge in [-0.1, -0.05) is 44.7 Å². The summed E-state index contributed by atoms with van der Waals surface area (Å²) in [5.41, 5.74) is 0. The fraction of sp³-hybridized carbons (Fsp3) is 0.875. The van der Waals surface area contributed by atoms with Gasteiger partial charge in [-0.15, -0.1) is 0 Å². The molecule has 1 unspecified atom stereocenters. The van der Waals surface area contributed by atoms with Crippen LogP contribution in [0.2, 0.25) is 0 Å². The first kappa shape index (κ1) is 9.72. The van der Waals surface area contributed by atoms with Crippen LogP contribution in [0.5, 0.6) is 0 Å². The van der Waals surface area contributed by atoms with Crippen molar-refractivity contribution < 1.29 is 4.79 Å². The summed E-state index contributed by atoms with van der Waals surface area (Å²) < 4.78 is -0.198. The van der Waals surface area contributed by atoms with Crippen molar-refractivity contribution in [3.63, 3.8) is 0 Å². The van der Waals surface area contributed by atoms with Gasteiger partial charge in [-0.25, -0.2) is 0 Å². The van der Waals surface area contributed by atoms with Gasteiger partial charge in [0, 0.05) is 0 Å². The lowest BCUT2D eigenvalue weighted by atomic mass is 10.0. The molecule has 64 valence electrons. The van der Waals surface area contributed by atoms with Crippen molar-refractivity contribution in [2.24, 2.45) is 0 Å². The molecular formula is C8H12Br2O. The Morgan fingerprint density at radius 1 is 1.45 bits per heavy atom. The number of carbonyl (C=O) groups is 1. The minimum absolute atomic E-state index is 0.0139. The van der Waals surface area contributed by atoms with Crippen molar-refractivity contribution in [2.45, 2.75) is 41.8 Å². The average Bonchev–Trinajstić information content (AvgIpc) is 2.35. The number of ketones is 1. The molecule has 0 aliphatic heterocycles. The Morgan fingerprint density at radius 3 is 2.27 bits per heavy atom. The van der Waals surface area contributed by atoms with Gasteiger partial charge in [0.05, 0.1) is 9.15 Å². The topological polar surface area (TPSA) is 17.1 Å². The number of alkyl halides is 2. The van der Waals surface area contributed by atoms with Crippen LogP contribution in [0.3, 0.4) is 0 Å². The molecule has 1 rings (SSSR count). The van der Waals surface area contributed by atoms with Crippen LogP contribution in [0.15, 0.2) is 0 Å². The molecule has 0 heterocycles. The molecule has 0 bridgehead atoms. The monoisotopic (exact) mass is 282 g/mol. The van der Waals surface area contributed by atoms with Crippen LogP contribution in [-0.4, -0.2) is 14.9 Å². The summed E-state index contributed by atoms with van der Waals surface area (Å²) in [6.45, 7) is 1.89. The molecular weight excluding hydrogens is 272 g/mol. The van der Waals surface area contributed by atoms with E-state index < -0.39 is 0 Å². The zero-order chi connectivity index (χ0) is 8.48. The Bertz CT molecular complexity index is 159. The van der Waals surface area contributed by atoms with E-state index in [1.54, 1.807) is 0 Å². The van der Waals surface area contributed by atoms with Gasteiger partial charge in [-0.3, -0.25) is 4.79 Å². The Labute approximate surface area is 84.2 Å². The molecule has 0 saturated heterocycles. The van der Waals surface area contributed by atoms with Crippen molar-refractivity contribution in [1.82, 2.24) is 0 Å². The van der Waals surface area contributed by atoms with E-state index in [-0.39, 0.29) is 9.15 Å². The predicted octanol–water partition coefficient (Wildman–Crippen LogP) is 3.05. The van der Waals surface area contributed by atoms with Crippen LogP contribution in [0, 0.1) is 0 Å². The van der Waals surface area contributed by atoms with Gasteiger partial charge in [0.15, 0.2) is 5.78 Å². The number of Topliss-reactive ketones (excluding diaryl/α,β-unsaturated/α-hetero) is 1. The summed E-state index contributed by atoms with van der Waals surface area (Å²) in [6.07, 6.45) is 4.36. The highest BCUT2D eigenvalue weighted by atomic mass is 79.9. The minimum atomic E-state index is -0.198. The van der Waals surface area contributed by atoms with Gasteiger partial charge in [-0.05, 0) is 19.8 Å². The number of rotatable bonds is 2. The smallest absolute Gasteiger partial charge is 0.162 e. The van der Waals surface area contributed by atoms with Gasteiger partial charge in [-0.2, -0.15) is 0 Å². The molecule has 0 aromatic carbocycles. The molecule has 0 N–H and O–H groups in total. The summed E-state index contributed by atoms with van der Waals surface area (Å²) >= 11 is 6.84. The van der Waals surface area contributed by atoms with E-state index in [1.807, 2.05) is 6.92 Å². The molecule has 0 aromatic heterocycles. The van der Waals surface area contributed by atoms with Crippen molar-refractivity contribution in [3.8, 4) is 0 Å². The standard InChI is InChI=1S/C8H12Br2O/c1-6(9)7(11)8(10)4-2-3-5-8/h6H,2-5H2,1H3. The lowest BCUT2D eigenvalue weighted by Crippen LogP contribution is -2.33. The van der Waals surface area contributed by atoms with Gasteiger partial charge in [0.25, 0.3) is 0 Å². The summed E-state index contributed by atoms with van der Waals surface area (Å²) in [6, 6.07) is 0. The molecule has 3 heteroatoms. The first-order valence-corrected chi connectivity index (χ1v) is 5.64. The van der Waals surface area contributed by atoms with Crippen LogP contribution >= 0.6 is 31.9 Å². The number of hydrogen-bond acceptors (Lipinski definition) is 1. The fourth-order valence-corrected chi connectivity index (χ4v) is 3.19. The Kier molecular flexibility index (Phi) is 3.15. The van der Waals surface area contributed by atoms with E-state index in [9.17, 15) is 4.79 Å². The normalized spacial score (nSPS) is 25.0. The Hall–Kier alpha value is 0.630. The molecule has 0 amide bonds. The number of carbonyl (C=O) groups excluding carboxylic acids is 1. The largest absolute Gasteiger partial charge is 0.297 e. The highest BCUT2D eigenvalue weighted by Gasteiger charge is 2.39. The highest BCUT2D eigenvalue weighted by Crippen LogP contribution is 2.39. The van der Waals surface area contributed by atoms with Crippen molar-refractivity contribution >= 4 is 37.6 Å². The minimum Gasteiger partial charge on any atom is -0.297 e. The summed E-state index contributed by atoms with van der Waals surface area (Å²) in [5.74, 6) is 0.301. The Morgan fingerprint density at radius 2 is 1.91 bits per heavy atom. The molecule has 0 radical (unpaired) electrons. The quantitative estimate of drug-likeness (QED) is 0.712. The van der Waals surface area contributed by atoms with Crippen molar-refractivity contribution in [2.75, 3.05) is 0 Å². The zero-order valence-electron chi connectivity index (χ0n) is 6.57. The van der Waals surface area contributed by atoms with Crippen LogP contribution in [0.25, 0.3) is 0 Å². The van der Waals surface area contributed by atoms with E-state index in [0.717, 1.165) is 12.8 Å². The SMILES string of the molecule is CC(Br)C(=O)C1(Br)CCCC1. The van der Waals surface area contributed by atoms with E-state index in [1.165, 1.54) is 12.8 Å². The van der Waals surface area contributed by atoms with Crippen LogP contribution in [0.4, 0.5) is 0 Å². The maximum absolute atomic E-state index is 11.6. The van der Waals surface area contributed by atoms with Gasteiger partial charge < -0.3 is 0 Å². The summed E-state index contributed by atoms with van der Waals surface area (Å²) in [7, 11) is 0. The van der Waals surface area contributed by atoms with Crippen LogP contribution < -0.4 is 0 Å². The molecule has 1 atom stereocenters. The molecule has 11 heavy (non-hydrogen) atoms. The lowest BCUT2D eigenvalue weighted by molar-refractivity contribution is -0.120. The third kappa shape index (κ3) is 2.05. The van der Waals surface area contributed by atoms with Gasteiger partial charge >= 0.3 is 0 Å². The lowest BCUT2D eigenvalue weighted by Gasteiger charge is -2.20. The second-order valence-corrected chi connectivity index (χ2v) is 6.04. The molecule has 1 aliphatic carbocycles. The van der Waals surface area contributed by atoms with Crippen LogP contribution in [0.1, 0.15) is 32.6 Å². The zero-order valence-corrected chi connectivity index (χ0v) is 9.74. The molecule has 1 nitrogen and oxygen atoms in total. The fourth-order valence-electron chi connectivity index (χ4n) is 1.54. The van der Waals surface area contributed by atoms with E-state index in [0.29, 0.717) is 5.78 Å². The van der Waals surface area contributed by atoms with Crippen molar-refractivity contribution in [1.29, 1.82) is 0 Å². The third-order valence-corrected chi connectivity index (χ3v) is 3.80. The third-order valence-electron chi connectivity index (χ3n) is 2.20. The Balaban J connectivity index is 2.64. The molecule has 1 fully saturated rings. The van der Waals surface area contributed by atoms with E-state index >= 15 is 0 Å². The second-order valence-electron chi connectivity index (χ2n) is 3.15. The maximum atomic E-state index is 11.6. The first-order chi connectivity index (χ1) is 5.06. The maximum Gasteiger partial charge on any atom is 0.162 e.